The van der Waals surface area contributed by atoms with Gasteiger partial charge in [0.05, 0.1) is 19.3 Å². The Balaban J connectivity index is 1.50. The van der Waals surface area contributed by atoms with Crippen LogP contribution >= 0.6 is 11.6 Å². The van der Waals surface area contributed by atoms with Gasteiger partial charge >= 0.3 is 11.3 Å². The Morgan fingerprint density at radius 2 is 1.67 bits per heavy atom. The fourth-order valence-electron chi connectivity index (χ4n) is 5.62. The van der Waals surface area contributed by atoms with E-state index in [0.717, 1.165) is 51.2 Å². The number of carbonyl (C=O) groups is 2. The van der Waals surface area contributed by atoms with Gasteiger partial charge in [-0.15, -0.1) is 0 Å². The second-order valence-corrected chi connectivity index (χ2v) is 12.2. The third-order valence-corrected chi connectivity index (χ3v) is 8.23. The quantitative estimate of drug-likeness (QED) is 0.468. The van der Waals surface area contributed by atoms with Gasteiger partial charge in [0.25, 0.3) is 5.91 Å². The molecule has 13 heteroatoms. The van der Waals surface area contributed by atoms with E-state index in [1.165, 1.54) is 7.11 Å². The van der Waals surface area contributed by atoms with Crippen molar-refractivity contribution in [1.29, 1.82) is 0 Å². The highest BCUT2D eigenvalue weighted by molar-refractivity contribution is 6.38. The summed E-state index contributed by atoms with van der Waals surface area (Å²) < 4.78 is 21.8. The molecular weight excluding hydrogens is 568 g/mol. The molecular formula is C29H39ClN4O8. The number of hydrogen-bond donors (Lipinski definition) is 2. The first-order valence-electron chi connectivity index (χ1n) is 14.0. The number of amides is 2. The SMILES string of the molecule is COc1c(C(=O)NC2CCN(CC3CCN(C(=O)C(C)(C)C)CC3)CC2OC)c2oc(=O)ccc(=O)oc1c(N)c2Cl. The summed E-state index contributed by atoms with van der Waals surface area (Å²) in [6.45, 7) is 9.55. The Bertz CT molecular complexity index is 1470. The number of methoxy groups -OCH3 is 2. The van der Waals surface area contributed by atoms with Crippen molar-refractivity contribution in [3.63, 3.8) is 0 Å². The Morgan fingerprint density at radius 3 is 2.24 bits per heavy atom. The maximum Gasteiger partial charge on any atom is 0.336 e. The summed E-state index contributed by atoms with van der Waals surface area (Å²) in [6.07, 6.45) is 2.15. The predicted octanol–water partition coefficient (Wildman–Crippen LogP) is 2.66. The summed E-state index contributed by atoms with van der Waals surface area (Å²) in [5.41, 5.74) is 2.81. The Morgan fingerprint density at radius 1 is 1.05 bits per heavy atom. The molecule has 2 aliphatic rings. The van der Waals surface area contributed by atoms with Crippen LogP contribution in [0.15, 0.2) is 30.6 Å². The van der Waals surface area contributed by atoms with Crippen molar-refractivity contribution in [2.75, 3.05) is 52.7 Å². The molecule has 3 N–H and O–H groups in total. The van der Waals surface area contributed by atoms with Gasteiger partial charge in [-0.25, -0.2) is 9.59 Å². The van der Waals surface area contributed by atoms with E-state index >= 15 is 0 Å². The van der Waals surface area contributed by atoms with Crippen molar-refractivity contribution in [2.45, 2.75) is 52.2 Å². The van der Waals surface area contributed by atoms with Gasteiger partial charge in [-0.3, -0.25) is 9.59 Å². The lowest BCUT2D eigenvalue weighted by molar-refractivity contribution is -0.141. The molecule has 2 atom stereocenters. The van der Waals surface area contributed by atoms with Crippen molar-refractivity contribution in [2.24, 2.45) is 11.3 Å². The van der Waals surface area contributed by atoms with Crippen LogP contribution in [0.2, 0.25) is 5.02 Å². The topological polar surface area (TPSA) is 158 Å². The van der Waals surface area contributed by atoms with Crippen LogP contribution in [0.1, 0.15) is 50.4 Å². The van der Waals surface area contributed by atoms with Crippen LogP contribution in [-0.2, 0) is 9.53 Å². The highest BCUT2D eigenvalue weighted by atomic mass is 35.5. The van der Waals surface area contributed by atoms with Crippen molar-refractivity contribution in [1.82, 2.24) is 15.1 Å². The highest BCUT2D eigenvalue weighted by Gasteiger charge is 2.35. The van der Waals surface area contributed by atoms with Gasteiger partial charge in [0.2, 0.25) is 5.91 Å². The van der Waals surface area contributed by atoms with Crippen LogP contribution in [0.3, 0.4) is 0 Å². The van der Waals surface area contributed by atoms with E-state index in [1.807, 2.05) is 25.7 Å². The lowest BCUT2D eigenvalue weighted by Crippen LogP contribution is -2.56. The van der Waals surface area contributed by atoms with Gasteiger partial charge < -0.3 is 39.2 Å². The monoisotopic (exact) mass is 606 g/mol. The van der Waals surface area contributed by atoms with E-state index in [-0.39, 0.29) is 56.7 Å². The zero-order valence-electron chi connectivity index (χ0n) is 24.7. The van der Waals surface area contributed by atoms with Crippen LogP contribution < -0.4 is 27.0 Å². The lowest BCUT2D eigenvalue weighted by Gasteiger charge is -2.41. The second-order valence-electron chi connectivity index (χ2n) is 11.9. The Hall–Kier alpha value is -3.35. The third-order valence-electron chi connectivity index (χ3n) is 7.86. The van der Waals surface area contributed by atoms with Gasteiger partial charge in [0.15, 0.2) is 16.9 Å². The Labute approximate surface area is 248 Å². The minimum atomic E-state index is -0.948. The molecule has 2 fully saturated rings. The number of hydrogen-bond acceptors (Lipinski definition) is 10. The molecule has 2 bridgehead atoms. The molecule has 0 spiro atoms. The normalized spacial score (nSPS) is 20.4. The van der Waals surface area contributed by atoms with Gasteiger partial charge in [0, 0.05) is 57.4 Å². The fraction of sp³-hybridized carbons (Fsp3) is 0.586. The van der Waals surface area contributed by atoms with Crippen LogP contribution in [0, 0.1) is 11.3 Å². The van der Waals surface area contributed by atoms with Crippen LogP contribution in [0.25, 0.3) is 11.2 Å². The number of nitrogens with two attached hydrogens (primary N) is 1. The number of nitrogens with one attached hydrogen (secondary N) is 1. The first-order chi connectivity index (χ1) is 19.8. The molecule has 12 nitrogen and oxygen atoms in total. The van der Waals surface area contributed by atoms with Crippen molar-refractivity contribution in [3.8, 4) is 5.75 Å². The summed E-state index contributed by atoms with van der Waals surface area (Å²) in [6, 6.07) is 1.35. The summed E-state index contributed by atoms with van der Waals surface area (Å²) in [7, 11) is 2.86. The summed E-state index contributed by atoms with van der Waals surface area (Å²) in [4.78, 5) is 55.1. The number of rotatable bonds is 6. The minimum Gasteiger partial charge on any atom is -0.492 e. The van der Waals surface area contributed by atoms with Gasteiger partial charge in [-0.1, -0.05) is 32.4 Å². The molecule has 42 heavy (non-hydrogen) atoms. The predicted molar refractivity (Wildman–Crippen MR) is 158 cm³/mol. The number of piperidine rings is 2. The molecule has 2 amide bonds. The summed E-state index contributed by atoms with van der Waals surface area (Å²) in [5, 5.41) is 2.70. The minimum absolute atomic E-state index is 0.188. The molecule has 0 aliphatic carbocycles. The molecule has 2 aromatic heterocycles. The number of halogens is 1. The van der Waals surface area contributed by atoms with E-state index in [0.29, 0.717) is 18.9 Å². The number of likely N-dealkylation sites (tertiary alicyclic amines) is 2. The Kier molecular flexibility index (Phi) is 9.69. The zero-order valence-corrected chi connectivity index (χ0v) is 25.4. The highest BCUT2D eigenvalue weighted by Crippen LogP contribution is 2.40. The first-order valence-corrected chi connectivity index (χ1v) is 14.4. The van der Waals surface area contributed by atoms with E-state index in [4.69, 9.17) is 35.6 Å². The maximum absolute atomic E-state index is 13.7. The number of anilines is 1. The largest absolute Gasteiger partial charge is 0.492 e. The average Bonchev–Trinajstić information content (AvgIpc) is 2.95. The molecule has 2 unspecified atom stereocenters. The number of carbonyl (C=O) groups excluding carboxylic acids is 2. The average molecular weight is 607 g/mol. The van der Waals surface area contributed by atoms with Gasteiger partial charge in [-0.2, -0.15) is 0 Å². The second kappa shape index (κ2) is 12.9. The van der Waals surface area contributed by atoms with Crippen molar-refractivity contribution < 1.29 is 27.9 Å². The number of benzene rings is 1. The smallest absolute Gasteiger partial charge is 0.336 e. The lowest BCUT2D eigenvalue weighted by atomic mass is 9.90. The number of nitrogen functional groups attached to an aromatic ring is 1. The molecule has 4 heterocycles. The summed E-state index contributed by atoms with van der Waals surface area (Å²) in [5.74, 6) is -0.198. The maximum atomic E-state index is 13.7. The van der Waals surface area contributed by atoms with E-state index in [2.05, 4.69) is 10.2 Å². The van der Waals surface area contributed by atoms with Gasteiger partial charge in [-0.05, 0) is 25.2 Å². The molecule has 5 rings (SSSR count). The molecule has 2 aliphatic heterocycles. The first kappa shape index (κ1) is 31.6. The third kappa shape index (κ3) is 6.82. The molecule has 0 saturated carbocycles. The van der Waals surface area contributed by atoms with E-state index < -0.39 is 17.2 Å². The molecule has 230 valence electrons. The standard InChI is InChI=1S/C29H39ClN4O8/c1-29(2,3)28(38)34-12-8-16(9-13-34)14-33-11-10-17(18(15-33)39-4)32-27(37)21-24-22(30)23(31)26(25(21)40-5)42-20(36)7-6-19(35)41-24/h6-7,16-18H,8-15,31H2,1-5H3,(H,32,37). The molecule has 1 aromatic carbocycles. The summed E-state index contributed by atoms with van der Waals surface area (Å²) >= 11 is 6.38. The van der Waals surface area contributed by atoms with Crippen LogP contribution in [0.5, 0.6) is 5.75 Å². The molecule has 3 aromatic rings. The van der Waals surface area contributed by atoms with E-state index in [1.54, 1.807) is 7.11 Å². The number of ether oxygens (including phenoxy) is 2. The fourth-order valence-corrected chi connectivity index (χ4v) is 5.84. The molecule has 0 radical (unpaired) electrons. The van der Waals surface area contributed by atoms with Crippen LogP contribution in [0.4, 0.5) is 5.69 Å². The molecule has 2 saturated heterocycles. The van der Waals surface area contributed by atoms with E-state index in [9.17, 15) is 19.2 Å². The number of nitrogens with zero attached hydrogens (tertiary/aromatic N) is 2. The zero-order chi connectivity index (χ0) is 30.8. The number of fused-ring (bicyclic) bond motifs is 7. The van der Waals surface area contributed by atoms with Crippen LogP contribution in [-0.4, -0.2) is 80.7 Å². The van der Waals surface area contributed by atoms with Gasteiger partial charge in [0.1, 0.15) is 16.3 Å². The van der Waals surface area contributed by atoms with Crippen molar-refractivity contribution >= 4 is 40.3 Å². The van der Waals surface area contributed by atoms with Crippen molar-refractivity contribution in [3.05, 3.63) is 43.6 Å².